The van der Waals surface area contributed by atoms with Crippen LogP contribution in [0.3, 0.4) is 0 Å². The molecule has 1 aliphatic rings. The minimum atomic E-state index is -0.193. The molecule has 7 heteroatoms. The molecule has 0 spiro atoms. The zero-order valence-electron chi connectivity index (χ0n) is 15.5. The van der Waals surface area contributed by atoms with Gasteiger partial charge in [-0.25, -0.2) is 9.38 Å². The van der Waals surface area contributed by atoms with Crippen molar-refractivity contribution in [1.82, 2.24) is 15.1 Å². The van der Waals surface area contributed by atoms with E-state index in [1.165, 1.54) is 11.0 Å². The van der Waals surface area contributed by atoms with Gasteiger partial charge in [0, 0.05) is 46.3 Å². The smallest absolute Gasteiger partial charge is 0.243 e. The predicted octanol–water partition coefficient (Wildman–Crippen LogP) is 1.39. The Hall–Kier alpha value is -2.31. The number of carbonyl (C=O) groups excluding carboxylic acids is 1. The minimum absolute atomic E-state index is 0.0342. The third-order valence-electron chi connectivity index (χ3n) is 4.05. The number of nitrogens with one attached hydrogen (secondary N) is 1. The summed E-state index contributed by atoms with van der Waals surface area (Å²) in [6.45, 7) is 7.07. The summed E-state index contributed by atoms with van der Waals surface area (Å²) >= 11 is 0. The van der Waals surface area contributed by atoms with Crippen molar-refractivity contribution in [3.8, 4) is 0 Å². The van der Waals surface area contributed by atoms with Crippen LogP contribution in [0.25, 0.3) is 0 Å². The van der Waals surface area contributed by atoms with Crippen LogP contribution >= 0.6 is 0 Å². The molecule has 0 saturated carbocycles. The highest BCUT2D eigenvalue weighted by Gasteiger charge is 2.22. The summed E-state index contributed by atoms with van der Waals surface area (Å²) in [5.74, 6) is 0.508. The maximum absolute atomic E-state index is 14.0. The van der Waals surface area contributed by atoms with Crippen LogP contribution in [0.5, 0.6) is 0 Å². The first kappa shape index (κ1) is 19.0. The molecular formula is C18H28FN5O. The van der Waals surface area contributed by atoms with Gasteiger partial charge < -0.3 is 20.0 Å². The Morgan fingerprint density at radius 1 is 1.24 bits per heavy atom. The number of benzene rings is 1. The normalized spacial score (nSPS) is 15.5. The molecule has 0 unspecified atom stereocenters. The van der Waals surface area contributed by atoms with Crippen LogP contribution in [0, 0.1) is 5.82 Å². The van der Waals surface area contributed by atoms with E-state index in [-0.39, 0.29) is 24.3 Å². The van der Waals surface area contributed by atoms with Gasteiger partial charge in [0.05, 0.1) is 5.69 Å². The fourth-order valence-corrected chi connectivity index (χ4v) is 2.65. The lowest BCUT2D eigenvalue weighted by atomic mass is 10.2. The van der Waals surface area contributed by atoms with Crippen molar-refractivity contribution in [3.63, 3.8) is 0 Å². The summed E-state index contributed by atoms with van der Waals surface area (Å²) in [4.78, 5) is 22.0. The Balaban J connectivity index is 2.02. The van der Waals surface area contributed by atoms with Crippen LogP contribution in [0.1, 0.15) is 13.8 Å². The van der Waals surface area contributed by atoms with Gasteiger partial charge in [0.25, 0.3) is 0 Å². The number of amides is 1. The summed E-state index contributed by atoms with van der Waals surface area (Å²) in [5, 5.41) is 3.32. The Labute approximate surface area is 149 Å². The number of nitrogens with zero attached hydrogens (tertiary/aromatic N) is 4. The van der Waals surface area contributed by atoms with Crippen molar-refractivity contribution in [2.24, 2.45) is 4.99 Å². The minimum Gasteiger partial charge on any atom is -0.366 e. The Morgan fingerprint density at radius 3 is 2.44 bits per heavy atom. The zero-order chi connectivity index (χ0) is 18.4. The van der Waals surface area contributed by atoms with Crippen LogP contribution in [0.4, 0.5) is 10.1 Å². The van der Waals surface area contributed by atoms with Gasteiger partial charge in [-0.05, 0) is 26.0 Å². The highest BCUT2D eigenvalue weighted by molar-refractivity contribution is 5.85. The van der Waals surface area contributed by atoms with Gasteiger partial charge in [0.15, 0.2) is 5.96 Å². The third-order valence-corrected chi connectivity index (χ3v) is 4.05. The van der Waals surface area contributed by atoms with E-state index < -0.39 is 0 Å². The van der Waals surface area contributed by atoms with Crippen molar-refractivity contribution in [1.29, 1.82) is 0 Å². The SMILES string of the molecule is CC(C)NC(=NCC(=O)N(C)C)N1CCN(c2ccccc2F)CC1. The number of guanidine groups is 1. The predicted molar refractivity (Wildman–Crippen MR) is 99.5 cm³/mol. The molecule has 2 rings (SSSR count). The molecule has 6 nitrogen and oxygen atoms in total. The van der Waals surface area contributed by atoms with E-state index in [4.69, 9.17) is 0 Å². The fourth-order valence-electron chi connectivity index (χ4n) is 2.65. The van der Waals surface area contributed by atoms with Crippen molar-refractivity contribution >= 4 is 17.6 Å². The molecule has 138 valence electrons. The second-order valence-corrected chi connectivity index (χ2v) is 6.65. The summed E-state index contributed by atoms with van der Waals surface area (Å²) in [6, 6.07) is 7.07. The molecule has 1 N–H and O–H groups in total. The largest absolute Gasteiger partial charge is 0.366 e. The summed E-state index contributed by atoms with van der Waals surface area (Å²) in [6.07, 6.45) is 0. The van der Waals surface area contributed by atoms with E-state index in [9.17, 15) is 9.18 Å². The molecule has 0 aromatic heterocycles. The van der Waals surface area contributed by atoms with Crippen LogP contribution in [0.15, 0.2) is 29.3 Å². The summed E-state index contributed by atoms with van der Waals surface area (Å²) in [7, 11) is 3.45. The Kier molecular flexibility index (Phi) is 6.61. The summed E-state index contributed by atoms with van der Waals surface area (Å²) < 4.78 is 14.0. The topological polar surface area (TPSA) is 51.2 Å². The third kappa shape index (κ3) is 5.34. The molecule has 0 aliphatic carbocycles. The van der Waals surface area contributed by atoms with E-state index in [1.54, 1.807) is 20.2 Å². The number of para-hydroxylation sites is 1. The number of piperazine rings is 1. The van der Waals surface area contributed by atoms with E-state index >= 15 is 0 Å². The molecule has 0 radical (unpaired) electrons. The standard InChI is InChI=1S/C18H28FN5O/c1-14(2)21-18(20-13-17(25)22(3)4)24-11-9-23(10-12-24)16-8-6-5-7-15(16)19/h5-8,14H,9-13H2,1-4H3,(H,20,21). The molecule has 0 bridgehead atoms. The highest BCUT2D eigenvalue weighted by atomic mass is 19.1. The lowest BCUT2D eigenvalue weighted by Gasteiger charge is -2.38. The maximum atomic E-state index is 14.0. The van der Waals surface area contributed by atoms with Crippen molar-refractivity contribution in [3.05, 3.63) is 30.1 Å². The van der Waals surface area contributed by atoms with Gasteiger partial charge in [-0.2, -0.15) is 0 Å². The first-order valence-corrected chi connectivity index (χ1v) is 8.64. The average molecular weight is 349 g/mol. The molecule has 1 saturated heterocycles. The van der Waals surface area contributed by atoms with Gasteiger partial charge in [-0.3, -0.25) is 4.79 Å². The van der Waals surface area contributed by atoms with Gasteiger partial charge in [0.1, 0.15) is 12.4 Å². The molecule has 1 aromatic rings. The molecule has 1 aromatic carbocycles. The van der Waals surface area contributed by atoms with Crippen molar-refractivity contribution in [2.75, 3.05) is 51.7 Å². The number of anilines is 1. The maximum Gasteiger partial charge on any atom is 0.243 e. The fraction of sp³-hybridized carbons (Fsp3) is 0.556. The molecule has 1 fully saturated rings. The van der Waals surface area contributed by atoms with Gasteiger partial charge in [-0.1, -0.05) is 12.1 Å². The molecule has 25 heavy (non-hydrogen) atoms. The van der Waals surface area contributed by atoms with Crippen LogP contribution in [-0.4, -0.2) is 74.5 Å². The molecular weight excluding hydrogens is 321 g/mol. The zero-order valence-corrected chi connectivity index (χ0v) is 15.5. The number of rotatable bonds is 4. The van der Waals surface area contributed by atoms with Crippen molar-refractivity contribution < 1.29 is 9.18 Å². The van der Waals surface area contributed by atoms with E-state index in [1.807, 2.05) is 30.9 Å². The number of hydrogen-bond acceptors (Lipinski definition) is 3. The number of likely N-dealkylation sites (N-methyl/N-ethyl adjacent to an activating group) is 1. The molecule has 1 aliphatic heterocycles. The highest BCUT2D eigenvalue weighted by Crippen LogP contribution is 2.20. The number of hydrogen-bond donors (Lipinski definition) is 1. The number of halogens is 1. The van der Waals surface area contributed by atoms with Gasteiger partial charge in [-0.15, -0.1) is 0 Å². The first-order valence-electron chi connectivity index (χ1n) is 8.64. The molecule has 1 amide bonds. The Morgan fingerprint density at radius 2 is 1.88 bits per heavy atom. The van der Waals surface area contributed by atoms with Crippen molar-refractivity contribution in [2.45, 2.75) is 19.9 Å². The van der Waals surface area contributed by atoms with E-state index in [2.05, 4.69) is 15.2 Å². The van der Waals surface area contributed by atoms with Crippen LogP contribution in [-0.2, 0) is 4.79 Å². The van der Waals surface area contributed by atoms with E-state index in [0.29, 0.717) is 18.8 Å². The summed E-state index contributed by atoms with van der Waals surface area (Å²) in [5.41, 5.74) is 0.639. The van der Waals surface area contributed by atoms with Crippen LogP contribution in [0.2, 0.25) is 0 Å². The second kappa shape index (κ2) is 8.69. The second-order valence-electron chi connectivity index (χ2n) is 6.65. The van der Waals surface area contributed by atoms with Gasteiger partial charge >= 0.3 is 0 Å². The lowest BCUT2D eigenvalue weighted by Crippen LogP contribution is -2.54. The van der Waals surface area contributed by atoms with Crippen LogP contribution < -0.4 is 10.2 Å². The number of carbonyl (C=O) groups is 1. The quantitative estimate of drug-likeness (QED) is 0.659. The Bertz CT molecular complexity index is 609. The van der Waals surface area contributed by atoms with E-state index in [0.717, 1.165) is 19.0 Å². The molecule has 0 atom stereocenters. The molecule has 1 heterocycles. The average Bonchev–Trinajstić information content (AvgIpc) is 2.58. The first-order chi connectivity index (χ1) is 11.9. The van der Waals surface area contributed by atoms with Gasteiger partial charge in [0.2, 0.25) is 5.91 Å². The lowest BCUT2D eigenvalue weighted by molar-refractivity contribution is -0.127. The number of aliphatic imine (C=N–C) groups is 1. The monoisotopic (exact) mass is 349 g/mol.